The van der Waals surface area contributed by atoms with E-state index in [4.69, 9.17) is 23.2 Å². The molecule has 4 nitrogen and oxygen atoms in total. The highest BCUT2D eigenvalue weighted by atomic mass is 35.5. The van der Waals surface area contributed by atoms with Crippen molar-refractivity contribution in [2.45, 2.75) is 0 Å². The Labute approximate surface area is 136 Å². The van der Waals surface area contributed by atoms with Crippen molar-refractivity contribution in [1.82, 2.24) is 0 Å². The lowest BCUT2D eigenvalue weighted by Gasteiger charge is -2.19. The highest BCUT2D eigenvalue weighted by Gasteiger charge is 2.30. The van der Waals surface area contributed by atoms with Crippen LogP contribution in [0.15, 0.2) is 36.4 Å². The minimum absolute atomic E-state index is 0.178. The molecule has 0 heterocycles. The molecule has 0 bridgehead atoms. The van der Waals surface area contributed by atoms with Crippen LogP contribution in [0.5, 0.6) is 0 Å². The molecule has 22 heavy (non-hydrogen) atoms. The number of carbonyl (C=O) groups is 3. The number of rotatable bonds is 2. The molecule has 0 fully saturated rings. The van der Waals surface area contributed by atoms with E-state index in [0.29, 0.717) is 11.1 Å². The van der Waals surface area contributed by atoms with Crippen LogP contribution < -0.4 is 5.32 Å². The van der Waals surface area contributed by atoms with Gasteiger partial charge in [0.05, 0.1) is 10.7 Å². The first-order valence-electron chi connectivity index (χ1n) is 6.40. The number of ketones is 2. The van der Waals surface area contributed by atoms with E-state index in [9.17, 15) is 14.4 Å². The van der Waals surface area contributed by atoms with Crippen molar-refractivity contribution in [2.24, 2.45) is 0 Å². The van der Waals surface area contributed by atoms with Gasteiger partial charge in [0.1, 0.15) is 5.88 Å². The highest BCUT2D eigenvalue weighted by molar-refractivity contribution is 6.37. The fourth-order valence-corrected chi connectivity index (χ4v) is 2.68. The number of hydrogen-bond acceptors (Lipinski definition) is 3. The Hall–Kier alpha value is -2.17. The fraction of sp³-hybridized carbons (Fsp3) is 0.0625. The Morgan fingerprint density at radius 2 is 1.50 bits per heavy atom. The van der Waals surface area contributed by atoms with Gasteiger partial charge in [0.25, 0.3) is 0 Å². The first-order chi connectivity index (χ1) is 10.5. The lowest BCUT2D eigenvalue weighted by Crippen LogP contribution is -2.22. The number of carbonyl (C=O) groups excluding carboxylic acids is 3. The molecule has 0 unspecified atom stereocenters. The molecule has 0 saturated heterocycles. The molecular formula is C16H9Cl2NO3. The van der Waals surface area contributed by atoms with Crippen molar-refractivity contribution < 1.29 is 14.4 Å². The van der Waals surface area contributed by atoms with Gasteiger partial charge in [0.2, 0.25) is 5.91 Å². The van der Waals surface area contributed by atoms with Gasteiger partial charge in [-0.1, -0.05) is 35.9 Å². The molecule has 0 spiro atoms. The third kappa shape index (κ3) is 2.30. The molecule has 0 aliphatic heterocycles. The molecule has 0 saturated carbocycles. The predicted octanol–water partition coefficient (Wildman–Crippen LogP) is 3.29. The standard InChI is InChI=1S/C16H9Cl2NO3/c17-7-14(20)19-13-6-11-10(5-12(13)18)15(21)8-3-1-2-4-9(8)16(11)22/h1-6H,7H2,(H,19,20). The van der Waals surface area contributed by atoms with Crippen LogP contribution in [-0.2, 0) is 4.79 Å². The maximum Gasteiger partial charge on any atom is 0.239 e. The minimum atomic E-state index is -0.446. The third-order valence-electron chi connectivity index (χ3n) is 3.41. The fourth-order valence-electron chi connectivity index (χ4n) is 2.40. The smallest absolute Gasteiger partial charge is 0.239 e. The van der Waals surface area contributed by atoms with Crippen molar-refractivity contribution in [2.75, 3.05) is 11.2 Å². The number of fused-ring (bicyclic) bond motifs is 2. The van der Waals surface area contributed by atoms with Gasteiger partial charge >= 0.3 is 0 Å². The molecule has 6 heteroatoms. The van der Waals surface area contributed by atoms with Crippen LogP contribution in [0.1, 0.15) is 31.8 Å². The summed E-state index contributed by atoms with van der Waals surface area (Å²) in [5.74, 6) is -1.22. The SMILES string of the molecule is O=C(CCl)Nc1cc2c(cc1Cl)C(=O)c1ccccc1C2=O. The summed E-state index contributed by atoms with van der Waals surface area (Å²) < 4.78 is 0. The Balaban J connectivity index is 2.15. The van der Waals surface area contributed by atoms with Crippen molar-refractivity contribution >= 4 is 46.4 Å². The summed E-state index contributed by atoms with van der Waals surface area (Å²) in [7, 11) is 0. The topological polar surface area (TPSA) is 63.2 Å². The summed E-state index contributed by atoms with van der Waals surface area (Å²) in [6.45, 7) is 0. The third-order valence-corrected chi connectivity index (χ3v) is 3.96. The molecule has 3 rings (SSSR count). The van der Waals surface area contributed by atoms with Crippen LogP contribution in [0.3, 0.4) is 0 Å². The van der Waals surface area contributed by atoms with E-state index in [1.807, 2.05) is 0 Å². The number of hydrogen-bond donors (Lipinski definition) is 1. The van der Waals surface area contributed by atoms with E-state index in [1.165, 1.54) is 12.1 Å². The van der Waals surface area contributed by atoms with E-state index in [2.05, 4.69) is 5.32 Å². The quantitative estimate of drug-likeness (QED) is 0.732. The van der Waals surface area contributed by atoms with Crippen molar-refractivity contribution in [3.8, 4) is 0 Å². The first-order valence-corrected chi connectivity index (χ1v) is 7.32. The molecule has 0 aromatic heterocycles. The number of benzene rings is 2. The number of amides is 1. The molecule has 1 amide bonds. The van der Waals surface area contributed by atoms with E-state index >= 15 is 0 Å². The van der Waals surface area contributed by atoms with Crippen LogP contribution in [0.25, 0.3) is 0 Å². The molecule has 2 aromatic carbocycles. The second-order valence-electron chi connectivity index (χ2n) is 4.76. The summed E-state index contributed by atoms with van der Waals surface area (Å²) in [5.41, 5.74) is 1.41. The van der Waals surface area contributed by atoms with Gasteiger partial charge in [-0.15, -0.1) is 11.6 Å². The molecule has 1 aliphatic carbocycles. The summed E-state index contributed by atoms with van der Waals surface area (Å²) in [6, 6.07) is 9.42. The van der Waals surface area contributed by atoms with Gasteiger partial charge in [-0.05, 0) is 12.1 Å². The number of alkyl halides is 1. The largest absolute Gasteiger partial charge is 0.324 e. The van der Waals surface area contributed by atoms with Crippen LogP contribution in [0.2, 0.25) is 5.02 Å². The van der Waals surface area contributed by atoms with E-state index in [1.54, 1.807) is 24.3 Å². The van der Waals surface area contributed by atoms with Crippen LogP contribution in [0, 0.1) is 0 Å². The molecular weight excluding hydrogens is 325 g/mol. The molecule has 2 aromatic rings. The van der Waals surface area contributed by atoms with Gasteiger partial charge in [0, 0.05) is 22.3 Å². The number of nitrogens with one attached hydrogen (secondary N) is 1. The molecule has 0 atom stereocenters. The second-order valence-corrected chi connectivity index (χ2v) is 5.44. The van der Waals surface area contributed by atoms with Gasteiger partial charge in [-0.3, -0.25) is 14.4 Å². The molecule has 110 valence electrons. The van der Waals surface area contributed by atoms with Crippen LogP contribution >= 0.6 is 23.2 Å². The van der Waals surface area contributed by atoms with Crippen molar-refractivity contribution in [1.29, 1.82) is 0 Å². The summed E-state index contributed by atoms with van der Waals surface area (Å²) in [5, 5.41) is 2.68. The van der Waals surface area contributed by atoms with E-state index in [-0.39, 0.29) is 39.3 Å². The Kier molecular flexibility index (Phi) is 3.72. The molecule has 0 radical (unpaired) electrons. The zero-order valence-electron chi connectivity index (χ0n) is 11.2. The second kappa shape index (κ2) is 5.55. The van der Waals surface area contributed by atoms with E-state index in [0.717, 1.165) is 0 Å². The summed E-state index contributed by atoms with van der Waals surface area (Å²) >= 11 is 11.5. The van der Waals surface area contributed by atoms with Gasteiger partial charge in [0.15, 0.2) is 11.6 Å². The molecule has 1 N–H and O–H groups in total. The van der Waals surface area contributed by atoms with E-state index < -0.39 is 5.91 Å². The maximum atomic E-state index is 12.5. The predicted molar refractivity (Wildman–Crippen MR) is 84.1 cm³/mol. The maximum absolute atomic E-state index is 12.5. The van der Waals surface area contributed by atoms with Gasteiger partial charge < -0.3 is 5.32 Å². The van der Waals surface area contributed by atoms with Crippen LogP contribution in [0.4, 0.5) is 5.69 Å². The average molecular weight is 334 g/mol. The van der Waals surface area contributed by atoms with Crippen molar-refractivity contribution in [3.05, 3.63) is 63.7 Å². The monoisotopic (exact) mass is 333 g/mol. The van der Waals surface area contributed by atoms with Crippen LogP contribution in [-0.4, -0.2) is 23.4 Å². The summed E-state index contributed by atoms with van der Waals surface area (Å²) in [6.07, 6.45) is 0. The highest BCUT2D eigenvalue weighted by Crippen LogP contribution is 2.33. The summed E-state index contributed by atoms with van der Waals surface area (Å²) in [4.78, 5) is 36.4. The average Bonchev–Trinajstić information content (AvgIpc) is 2.53. The van der Waals surface area contributed by atoms with Gasteiger partial charge in [-0.2, -0.15) is 0 Å². The normalized spacial score (nSPS) is 12.6. The van der Waals surface area contributed by atoms with Gasteiger partial charge in [-0.25, -0.2) is 0 Å². The Bertz CT molecular complexity index is 830. The number of anilines is 1. The Morgan fingerprint density at radius 3 is 2.05 bits per heavy atom. The number of halogens is 2. The lowest BCUT2D eigenvalue weighted by molar-refractivity contribution is -0.113. The Morgan fingerprint density at radius 1 is 0.955 bits per heavy atom. The minimum Gasteiger partial charge on any atom is -0.324 e. The molecule has 1 aliphatic rings. The zero-order valence-corrected chi connectivity index (χ0v) is 12.7. The lowest BCUT2D eigenvalue weighted by atomic mass is 9.84. The van der Waals surface area contributed by atoms with Crippen molar-refractivity contribution in [3.63, 3.8) is 0 Å². The first kappa shape index (κ1) is 14.8. The zero-order chi connectivity index (χ0) is 15.9.